The molecule has 2 unspecified atom stereocenters. The van der Waals surface area contributed by atoms with Gasteiger partial charge in [-0.25, -0.2) is 4.79 Å². The van der Waals surface area contributed by atoms with Gasteiger partial charge in [0.05, 0.1) is 37.8 Å². The van der Waals surface area contributed by atoms with Crippen molar-refractivity contribution in [2.75, 3.05) is 7.11 Å². The molecule has 1 aromatic rings. The van der Waals surface area contributed by atoms with Crippen molar-refractivity contribution < 1.29 is 54.1 Å². The van der Waals surface area contributed by atoms with Crippen LogP contribution in [0.3, 0.4) is 0 Å². The van der Waals surface area contributed by atoms with Crippen molar-refractivity contribution in [2.45, 2.75) is 94.6 Å². The van der Waals surface area contributed by atoms with Crippen molar-refractivity contribution in [1.29, 1.82) is 0 Å². The van der Waals surface area contributed by atoms with Crippen molar-refractivity contribution in [3.63, 3.8) is 0 Å². The first-order valence-corrected chi connectivity index (χ1v) is 12.5. The van der Waals surface area contributed by atoms with Crippen LogP contribution in [0, 0.1) is 22.7 Å². The van der Waals surface area contributed by atoms with Crippen LogP contribution in [0.15, 0.2) is 23.0 Å². The fourth-order valence-corrected chi connectivity index (χ4v) is 7.89. The molecule has 37 heavy (non-hydrogen) atoms. The highest BCUT2D eigenvalue weighted by molar-refractivity contribution is 5.75. The topological polar surface area (TPSA) is 187 Å². The van der Waals surface area contributed by atoms with Crippen LogP contribution >= 0.6 is 0 Å². The highest BCUT2D eigenvalue weighted by Gasteiger charge is 2.79. The number of fused-ring (bicyclic) bond motifs is 3. The van der Waals surface area contributed by atoms with Gasteiger partial charge in [0.25, 0.3) is 0 Å². The van der Waals surface area contributed by atoms with Crippen molar-refractivity contribution in [3.8, 4) is 0 Å². The maximum Gasteiger partial charge on any atom is 0.335 e. The number of esters is 2. The van der Waals surface area contributed by atoms with E-state index in [4.69, 9.17) is 13.9 Å². The molecule has 6 N–H and O–H groups in total. The Hall–Kier alpha value is -2.02. The molecule has 2 saturated carbocycles. The zero-order valence-corrected chi connectivity index (χ0v) is 21.7. The Bertz CT molecular complexity index is 1030. The molecule has 2 heterocycles. The summed E-state index contributed by atoms with van der Waals surface area (Å²) in [4.78, 5) is 25.4. The Kier molecular flexibility index (Phi) is 6.62. The van der Waals surface area contributed by atoms with E-state index in [2.05, 4.69) is 0 Å². The first kappa shape index (κ1) is 28.0. The Morgan fingerprint density at radius 2 is 1.89 bits per heavy atom. The summed E-state index contributed by atoms with van der Waals surface area (Å²) < 4.78 is 15.6. The number of carbonyl (C=O) groups excluding carboxylic acids is 2. The van der Waals surface area contributed by atoms with Crippen LogP contribution in [0.25, 0.3) is 0 Å². The summed E-state index contributed by atoms with van der Waals surface area (Å²) in [6.07, 6.45) is -4.63. The second-order valence-electron chi connectivity index (χ2n) is 12.2. The Morgan fingerprint density at radius 3 is 2.43 bits per heavy atom. The molecule has 3 aliphatic rings. The number of methoxy groups -OCH3 is 1. The number of aliphatic hydroxyl groups excluding tert-OH is 3. The normalized spacial score (nSPS) is 44.8. The quantitative estimate of drug-likeness (QED) is 0.288. The number of ether oxygens (including phenoxy) is 2. The molecule has 3 fully saturated rings. The Balaban J connectivity index is 1.92. The summed E-state index contributed by atoms with van der Waals surface area (Å²) in [5.41, 5.74) is -8.71. The summed E-state index contributed by atoms with van der Waals surface area (Å²) in [6.45, 7) is 6.10. The number of cyclic esters (lactones) is 1. The van der Waals surface area contributed by atoms with Crippen LogP contribution in [-0.2, 0) is 19.1 Å². The summed E-state index contributed by atoms with van der Waals surface area (Å²) in [6, 6.07) is 1.57. The van der Waals surface area contributed by atoms with Gasteiger partial charge in [0.1, 0.15) is 23.4 Å². The Labute approximate surface area is 215 Å². The van der Waals surface area contributed by atoms with E-state index in [9.17, 15) is 40.2 Å². The van der Waals surface area contributed by atoms with E-state index >= 15 is 0 Å². The summed E-state index contributed by atoms with van der Waals surface area (Å²) >= 11 is 0. The predicted molar refractivity (Wildman–Crippen MR) is 125 cm³/mol. The monoisotopic (exact) mass is 526 g/mol. The van der Waals surface area contributed by atoms with Crippen LogP contribution in [0.5, 0.6) is 0 Å². The van der Waals surface area contributed by atoms with E-state index in [1.165, 1.54) is 33.3 Å². The minimum atomic E-state index is -2.56. The molecule has 10 atom stereocenters. The predicted octanol–water partition coefficient (Wildman–Crippen LogP) is 0.199. The largest absolute Gasteiger partial charge is 0.472 e. The van der Waals surface area contributed by atoms with Crippen LogP contribution in [0.1, 0.15) is 65.0 Å². The molecule has 11 nitrogen and oxygen atoms in total. The number of carbonyl (C=O) groups is 2. The number of rotatable bonds is 5. The molecular weight excluding hydrogens is 488 g/mol. The van der Waals surface area contributed by atoms with Gasteiger partial charge in [0, 0.05) is 22.3 Å². The third kappa shape index (κ3) is 3.77. The number of hydrogen-bond acceptors (Lipinski definition) is 11. The van der Waals surface area contributed by atoms with Crippen molar-refractivity contribution >= 4 is 11.9 Å². The van der Waals surface area contributed by atoms with E-state index in [1.54, 1.807) is 13.0 Å². The number of aliphatic hydroxyl groups is 6. The zero-order valence-electron chi connectivity index (χ0n) is 21.7. The summed E-state index contributed by atoms with van der Waals surface area (Å²) in [5, 5.41) is 69.6. The van der Waals surface area contributed by atoms with Crippen LogP contribution in [0.2, 0.25) is 0 Å². The van der Waals surface area contributed by atoms with E-state index < -0.39 is 82.2 Å². The lowest BCUT2D eigenvalue weighted by atomic mass is 9.40. The van der Waals surface area contributed by atoms with Gasteiger partial charge in [-0.1, -0.05) is 13.8 Å². The molecule has 4 rings (SSSR count). The van der Waals surface area contributed by atoms with Crippen molar-refractivity contribution in [3.05, 3.63) is 24.2 Å². The maximum absolute atomic E-state index is 12.8. The van der Waals surface area contributed by atoms with Crippen molar-refractivity contribution in [2.24, 2.45) is 22.7 Å². The fraction of sp³-hybridized carbons (Fsp3) is 0.769. The lowest BCUT2D eigenvalue weighted by molar-refractivity contribution is -0.370. The van der Waals surface area contributed by atoms with Gasteiger partial charge < -0.3 is 44.5 Å². The molecule has 0 amide bonds. The van der Waals surface area contributed by atoms with Gasteiger partial charge in [0.15, 0.2) is 6.10 Å². The molecular formula is C26H38O11. The third-order valence-electron chi connectivity index (χ3n) is 9.44. The number of hydrogen-bond donors (Lipinski definition) is 6. The minimum absolute atomic E-state index is 0.0746. The molecule has 0 bridgehead atoms. The maximum atomic E-state index is 12.8. The SMILES string of the molecule is COC(=O)C(O)[C@@H]1C2CC[C@@]3(C)[C@H](c4ccoc4)OC(=O)C[C@]3(O)[C@@]2(O)[C@@H](O)[C@H](O)[C@@]1(C)CC(C)(C)O. The summed E-state index contributed by atoms with van der Waals surface area (Å²) in [5.74, 6) is -4.32. The van der Waals surface area contributed by atoms with Gasteiger partial charge in [0.2, 0.25) is 0 Å². The smallest absolute Gasteiger partial charge is 0.335 e. The highest BCUT2D eigenvalue weighted by Crippen LogP contribution is 2.68. The van der Waals surface area contributed by atoms with E-state index in [0.29, 0.717) is 5.56 Å². The van der Waals surface area contributed by atoms with Gasteiger partial charge in [-0.3, -0.25) is 4.79 Å². The van der Waals surface area contributed by atoms with Gasteiger partial charge in [-0.05, 0) is 45.1 Å². The molecule has 0 spiro atoms. The van der Waals surface area contributed by atoms with Gasteiger partial charge in [-0.15, -0.1) is 0 Å². The Morgan fingerprint density at radius 1 is 1.24 bits per heavy atom. The first-order chi connectivity index (χ1) is 17.0. The van der Waals surface area contributed by atoms with Gasteiger partial charge in [-0.2, -0.15) is 0 Å². The van der Waals surface area contributed by atoms with E-state index in [0.717, 1.165) is 7.11 Å². The molecule has 208 valence electrons. The average Bonchev–Trinajstić information content (AvgIpc) is 3.33. The molecule has 2 aliphatic carbocycles. The molecule has 1 aromatic heterocycles. The lowest BCUT2D eigenvalue weighted by Crippen LogP contribution is -2.83. The molecule has 1 aliphatic heterocycles. The second kappa shape index (κ2) is 8.75. The summed E-state index contributed by atoms with van der Waals surface area (Å²) in [7, 11) is 1.08. The fourth-order valence-electron chi connectivity index (χ4n) is 7.89. The van der Waals surface area contributed by atoms with Crippen LogP contribution in [0.4, 0.5) is 0 Å². The zero-order chi connectivity index (χ0) is 27.8. The third-order valence-corrected chi connectivity index (χ3v) is 9.44. The average molecular weight is 527 g/mol. The standard InChI is InChI=1S/C26H38O11/c1-22(2,32)12-23(3)16(17(28)21(31)35-5)14-6-8-24(4)20(13-7-9-36-11-13)37-15(27)10-25(24,33)26(14,34)19(30)18(23)29/h7,9,11,14,16-20,28-30,32-34H,6,8,10,12H2,1-5H3/t14?,16-,17?,18-,19-,20-,23-,24-,25+,26-/m0/s1. The van der Waals surface area contributed by atoms with Crippen LogP contribution in [-0.4, -0.2) is 84.8 Å². The van der Waals surface area contributed by atoms with Gasteiger partial charge >= 0.3 is 11.9 Å². The van der Waals surface area contributed by atoms with E-state index in [1.807, 2.05) is 0 Å². The number of furan rings is 1. The second-order valence-corrected chi connectivity index (χ2v) is 12.2. The lowest BCUT2D eigenvalue weighted by Gasteiger charge is -2.70. The molecule has 1 saturated heterocycles. The van der Waals surface area contributed by atoms with E-state index in [-0.39, 0.29) is 19.3 Å². The van der Waals surface area contributed by atoms with Crippen LogP contribution < -0.4 is 0 Å². The van der Waals surface area contributed by atoms with Crippen molar-refractivity contribution in [1.82, 2.24) is 0 Å². The highest BCUT2D eigenvalue weighted by atomic mass is 16.6. The molecule has 11 heteroatoms. The minimum Gasteiger partial charge on any atom is -0.472 e. The first-order valence-electron chi connectivity index (χ1n) is 12.5. The molecule has 0 radical (unpaired) electrons. The molecule has 0 aromatic carbocycles.